The topological polar surface area (TPSA) is 150 Å². The number of nitrogens with zero attached hydrogens (tertiary/aromatic N) is 1. The number of nitrogens with two attached hydrogens (primary N) is 2. The van der Waals surface area contributed by atoms with Crippen LogP contribution in [0.4, 0.5) is 0 Å². The van der Waals surface area contributed by atoms with Gasteiger partial charge in [0.1, 0.15) is 0 Å². The van der Waals surface area contributed by atoms with E-state index in [1.54, 1.807) is 6.92 Å². The van der Waals surface area contributed by atoms with Crippen LogP contribution in [-0.2, 0) is 26.1 Å². The smallest absolute Gasteiger partial charge is 0.280 e. The number of aryl methyl sites for hydroxylation is 1. The monoisotopic (exact) mass is 437 g/mol. The number of hydrogen-bond donors (Lipinski definition) is 2. The fraction of sp³-hybridized carbons (Fsp3) is 0.500. The lowest BCUT2D eigenvalue weighted by atomic mass is 10.0. The zero-order valence-corrected chi connectivity index (χ0v) is 17.6. The molecule has 0 heterocycles. The highest BCUT2D eigenvalue weighted by atomic mass is 35.5. The summed E-state index contributed by atoms with van der Waals surface area (Å²) in [5.74, 6) is -1.27. The molecule has 1 aromatic carbocycles. The summed E-state index contributed by atoms with van der Waals surface area (Å²) in [5.41, 5.74) is 10.8. The molecule has 27 heavy (non-hydrogen) atoms. The lowest BCUT2D eigenvalue weighted by Crippen LogP contribution is -2.25. The maximum Gasteiger partial charge on any atom is 0.280 e. The summed E-state index contributed by atoms with van der Waals surface area (Å²) in [4.78, 5) is 15.0. The average Bonchev–Trinajstić information content (AvgIpc) is 3.07. The van der Waals surface area contributed by atoms with Crippen LogP contribution in [0.5, 0.6) is 0 Å². The second-order valence-corrected chi connectivity index (χ2v) is 10.6. The SMILES string of the molecule is CCc1cc(S(=O)(=O)C2CCCC2)c(S(C)(=O)=O)cc1C(=O)N=C(N)N.Cl. The van der Waals surface area contributed by atoms with E-state index < -0.39 is 41.7 Å². The van der Waals surface area contributed by atoms with Gasteiger partial charge in [-0.15, -0.1) is 12.4 Å². The van der Waals surface area contributed by atoms with Crippen molar-refractivity contribution in [1.82, 2.24) is 0 Å². The van der Waals surface area contributed by atoms with Crippen LogP contribution in [0.1, 0.15) is 48.5 Å². The van der Waals surface area contributed by atoms with Gasteiger partial charge in [0.25, 0.3) is 5.91 Å². The molecule has 0 unspecified atom stereocenters. The van der Waals surface area contributed by atoms with E-state index in [-0.39, 0.29) is 22.9 Å². The minimum Gasteiger partial charge on any atom is -0.370 e. The Balaban J connectivity index is 0.00000364. The van der Waals surface area contributed by atoms with Gasteiger partial charge in [-0.2, -0.15) is 4.99 Å². The number of halogens is 1. The summed E-state index contributed by atoms with van der Waals surface area (Å²) in [7, 11) is -7.72. The first kappa shape index (κ1) is 23.4. The van der Waals surface area contributed by atoms with Crippen LogP contribution >= 0.6 is 12.4 Å². The molecule has 0 aromatic heterocycles. The Morgan fingerprint density at radius 3 is 2.11 bits per heavy atom. The predicted molar refractivity (Wildman–Crippen MR) is 106 cm³/mol. The van der Waals surface area contributed by atoms with E-state index in [1.807, 2.05) is 0 Å². The Bertz CT molecular complexity index is 962. The van der Waals surface area contributed by atoms with Gasteiger partial charge in [-0.1, -0.05) is 19.8 Å². The number of carbonyl (C=O) groups is 1. The Morgan fingerprint density at radius 2 is 1.67 bits per heavy atom. The van der Waals surface area contributed by atoms with Gasteiger partial charge >= 0.3 is 0 Å². The van der Waals surface area contributed by atoms with Crippen molar-refractivity contribution in [2.75, 3.05) is 6.26 Å². The molecule has 1 aromatic rings. The van der Waals surface area contributed by atoms with Gasteiger partial charge in [-0.3, -0.25) is 4.79 Å². The molecule has 1 aliphatic carbocycles. The summed E-state index contributed by atoms with van der Waals surface area (Å²) in [6, 6.07) is 2.35. The lowest BCUT2D eigenvalue weighted by Gasteiger charge is -2.17. The van der Waals surface area contributed by atoms with Crippen molar-refractivity contribution in [3.8, 4) is 0 Å². The molecule has 1 fully saturated rings. The number of sulfone groups is 2. The third kappa shape index (κ3) is 4.99. The van der Waals surface area contributed by atoms with Crippen LogP contribution in [0.25, 0.3) is 0 Å². The van der Waals surface area contributed by atoms with Crippen LogP contribution in [0.3, 0.4) is 0 Å². The van der Waals surface area contributed by atoms with E-state index in [4.69, 9.17) is 11.5 Å². The highest BCUT2D eigenvalue weighted by Gasteiger charge is 2.35. The Kier molecular flexibility index (Phi) is 7.43. The molecule has 152 valence electrons. The molecular formula is C16H24ClN3O5S2. The number of carbonyl (C=O) groups excluding carboxylic acids is 1. The van der Waals surface area contributed by atoms with Gasteiger partial charge < -0.3 is 11.5 Å². The van der Waals surface area contributed by atoms with E-state index >= 15 is 0 Å². The molecule has 0 radical (unpaired) electrons. The van der Waals surface area contributed by atoms with Crippen LogP contribution < -0.4 is 11.5 Å². The molecule has 0 aliphatic heterocycles. The first-order chi connectivity index (χ1) is 12.0. The van der Waals surface area contributed by atoms with E-state index in [0.29, 0.717) is 24.8 Å². The highest BCUT2D eigenvalue weighted by molar-refractivity contribution is 7.94. The molecule has 0 atom stereocenters. The number of benzene rings is 1. The molecule has 1 aliphatic rings. The van der Waals surface area contributed by atoms with E-state index in [2.05, 4.69) is 4.99 Å². The van der Waals surface area contributed by atoms with Gasteiger partial charge in [-0.25, -0.2) is 16.8 Å². The number of rotatable bonds is 5. The third-order valence-corrected chi connectivity index (χ3v) is 8.02. The lowest BCUT2D eigenvalue weighted by molar-refractivity contribution is 0.100. The molecule has 8 nitrogen and oxygen atoms in total. The molecule has 0 saturated heterocycles. The van der Waals surface area contributed by atoms with E-state index in [1.165, 1.54) is 6.07 Å². The van der Waals surface area contributed by atoms with Crippen molar-refractivity contribution < 1.29 is 21.6 Å². The maximum atomic E-state index is 13.0. The van der Waals surface area contributed by atoms with Crippen molar-refractivity contribution >= 4 is 43.9 Å². The first-order valence-corrected chi connectivity index (χ1v) is 11.7. The largest absolute Gasteiger partial charge is 0.370 e. The van der Waals surface area contributed by atoms with Crippen LogP contribution in [0.15, 0.2) is 26.9 Å². The fourth-order valence-corrected chi connectivity index (χ4v) is 6.68. The summed E-state index contributed by atoms with van der Waals surface area (Å²) in [6.07, 6.45) is 3.82. The summed E-state index contributed by atoms with van der Waals surface area (Å²) in [6.45, 7) is 1.73. The van der Waals surface area contributed by atoms with Crippen LogP contribution in [0, 0.1) is 0 Å². The molecule has 1 saturated carbocycles. The molecular weight excluding hydrogens is 414 g/mol. The second kappa shape index (κ2) is 8.57. The van der Waals surface area contributed by atoms with E-state index in [9.17, 15) is 21.6 Å². The van der Waals surface area contributed by atoms with Crippen molar-refractivity contribution in [1.29, 1.82) is 0 Å². The molecule has 1 amide bonds. The molecule has 2 rings (SSSR count). The van der Waals surface area contributed by atoms with Gasteiger partial charge in [0.15, 0.2) is 25.6 Å². The molecule has 0 bridgehead atoms. The molecule has 0 spiro atoms. The minimum atomic E-state index is -3.90. The summed E-state index contributed by atoms with van der Waals surface area (Å²) < 4.78 is 50.5. The zero-order chi connectivity index (χ0) is 19.7. The van der Waals surface area contributed by atoms with Crippen molar-refractivity contribution in [3.05, 3.63) is 23.3 Å². The van der Waals surface area contributed by atoms with Gasteiger partial charge in [0, 0.05) is 11.8 Å². The van der Waals surface area contributed by atoms with Crippen molar-refractivity contribution in [2.24, 2.45) is 16.5 Å². The quantitative estimate of drug-likeness (QED) is 0.518. The number of hydrogen-bond acceptors (Lipinski definition) is 5. The van der Waals surface area contributed by atoms with Crippen molar-refractivity contribution in [3.63, 3.8) is 0 Å². The Morgan fingerprint density at radius 1 is 1.11 bits per heavy atom. The third-order valence-electron chi connectivity index (χ3n) is 4.46. The first-order valence-electron chi connectivity index (χ1n) is 8.23. The summed E-state index contributed by atoms with van der Waals surface area (Å²) in [5, 5.41) is -0.605. The number of aliphatic imine (C=N–C) groups is 1. The highest BCUT2D eigenvalue weighted by Crippen LogP contribution is 2.34. The summed E-state index contributed by atoms with van der Waals surface area (Å²) >= 11 is 0. The van der Waals surface area contributed by atoms with Crippen LogP contribution in [-0.4, -0.2) is 40.2 Å². The molecule has 4 N–H and O–H groups in total. The Labute approximate surface area is 165 Å². The molecule has 11 heteroatoms. The number of guanidine groups is 1. The van der Waals surface area contributed by atoms with Crippen LogP contribution in [0.2, 0.25) is 0 Å². The number of amides is 1. The van der Waals surface area contributed by atoms with Gasteiger partial charge in [0.05, 0.1) is 15.0 Å². The predicted octanol–water partition coefficient (Wildman–Crippen LogP) is 1.20. The average molecular weight is 438 g/mol. The standard InChI is InChI=1S/C16H23N3O5S2.ClH/c1-3-10-8-14(26(23,24)11-6-4-5-7-11)13(25(2,21)22)9-12(10)15(20)19-16(17)18;/h8-9,11H,3-7H2,1-2H3,(H4,17,18,19,20);1H. The minimum absolute atomic E-state index is 0. The fourth-order valence-electron chi connectivity index (χ4n) is 3.16. The second-order valence-electron chi connectivity index (χ2n) is 6.38. The van der Waals surface area contributed by atoms with Gasteiger partial charge in [-0.05, 0) is 37.0 Å². The van der Waals surface area contributed by atoms with Crippen molar-refractivity contribution in [2.45, 2.75) is 54.1 Å². The zero-order valence-electron chi connectivity index (χ0n) is 15.1. The maximum absolute atomic E-state index is 13.0. The Hall–Kier alpha value is -1.65. The van der Waals surface area contributed by atoms with Gasteiger partial charge in [0.2, 0.25) is 0 Å². The van der Waals surface area contributed by atoms with E-state index in [0.717, 1.165) is 25.2 Å². The normalized spacial score (nSPS) is 15.2.